The van der Waals surface area contributed by atoms with Gasteiger partial charge in [0.1, 0.15) is 5.82 Å². The molecule has 0 fully saturated rings. The van der Waals surface area contributed by atoms with Crippen molar-refractivity contribution in [3.8, 4) is 5.88 Å². The van der Waals surface area contributed by atoms with Crippen molar-refractivity contribution in [1.29, 1.82) is 0 Å². The maximum absolute atomic E-state index is 10.5. The number of anilines is 1. The number of carbonyl (C=O) groups is 1. The fourth-order valence-electron chi connectivity index (χ4n) is 1.38. The second-order valence-corrected chi connectivity index (χ2v) is 4.49. The summed E-state index contributed by atoms with van der Waals surface area (Å²) in [5.74, 6) is 0.275. The molecule has 1 aromatic heterocycles. The highest BCUT2D eigenvalue weighted by atomic mass is 16.5. The molecular weight excluding hydrogens is 234 g/mol. The Hall–Kier alpha value is -1.85. The number of hydrogen-bond donors (Lipinski definition) is 2. The van der Waals surface area contributed by atoms with Gasteiger partial charge in [0.2, 0.25) is 5.88 Å². The van der Waals surface area contributed by atoms with E-state index in [1.807, 2.05) is 20.8 Å². The Balaban J connectivity index is 2.49. The highest BCUT2D eigenvalue weighted by molar-refractivity contribution is 5.67. The zero-order valence-electron chi connectivity index (χ0n) is 10.9. The van der Waals surface area contributed by atoms with Gasteiger partial charge in [0.25, 0.3) is 0 Å². The van der Waals surface area contributed by atoms with Crippen LogP contribution in [0.4, 0.5) is 5.82 Å². The van der Waals surface area contributed by atoms with E-state index in [4.69, 9.17) is 9.84 Å². The maximum atomic E-state index is 10.5. The van der Waals surface area contributed by atoms with Crippen LogP contribution < -0.4 is 10.1 Å². The first-order valence-electron chi connectivity index (χ1n) is 5.91. The van der Waals surface area contributed by atoms with E-state index in [1.54, 1.807) is 12.4 Å². The molecule has 0 radical (unpaired) electrons. The number of ether oxygens (including phenoxy) is 1. The number of nitrogens with one attached hydrogen (secondary N) is 1. The Kier molecular flexibility index (Phi) is 5.35. The lowest BCUT2D eigenvalue weighted by Crippen LogP contribution is -2.16. The van der Waals surface area contributed by atoms with Gasteiger partial charge < -0.3 is 15.2 Å². The molecule has 1 unspecified atom stereocenters. The zero-order valence-corrected chi connectivity index (χ0v) is 10.9. The number of aliphatic carboxylic acids is 1. The van der Waals surface area contributed by atoms with Crippen LogP contribution in [-0.2, 0) is 4.79 Å². The highest BCUT2D eigenvalue weighted by Crippen LogP contribution is 2.11. The van der Waals surface area contributed by atoms with Crippen LogP contribution >= 0.6 is 0 Å². The third kappa shape index (κ3) is 5.47. The molecule has 1 atom stereocenters. The minimum Gasteiger partial charge on any atom is -0.481 e. The molecule has 0 amide bonds. The van der Waals surface area contributed by atoms with Crippen molar-refractivity contribution >= 4 is 11.8 Å². The standard InChI is InChI=1S/C12H19N3O3/c1-8(2)18-11-7-13-6-10(15-11)14-5-9(3)4-12(16)17/h6-9H,4-5H2,1-3H3,(H,14,15)(H,16,17). The molecule has 100 valence electrons. The van der Waals surface area contributed by atoms with Crippen LogP contribution in [0.3, 0.4) is 0 Å². The van der Waals surface area contributed by atoms with E-state index in [0.29, 0.717) is 18.2 Å². The molecule has 1 heterocycles. The first-order valence-corrected chi connectivity index (χ1v) is 5.91. The SMILES string of the molecule is CC(CNc1cncc(OC(C)C)n1)CC(=O)O. The predicted octanol–water partition coefficient (Wildman–Crippen LogP) is 1.79. The molecule has 0 saturated heterocycles. The average Bonchev–Trinajstić information content (AvgIpc) is 2.25. The van der Waals surface area contributed by atoms with Crippen LogP contribution in [-0.4, -0.2) is 33.7 Å². The summed E-state index contributed by atoms with van der Waals surface area (Å²) < 4.78 is 5.42. The van der Waals surface area contributed by atoms with Crippen LogP contribution in [0.1, 0.15) is 27.2 Å². The van der Waals surface area contributed by atoms with E-state index < -0.39 is 5.97 Å². The summed E-state index contributed by atoms with van der Waals surface area (Å²) in [5, 5.41) is 11.7. The molecule has 0 aromatic carbocycles. The molecule has 1 aromatic rings. The quantitative estimate of drug-likeness (QED) is 0.770. The van der Waals surface area contributed by atoms with Gasteiger partial charge in [-0.3, -0.25) is 9.78 Å². The number of hydrogen-bond acceptors (Lipinski definition) is 5. The van der Waals surface area contributed by atoms with E-state index >= 15 is 0 Å². The number of carboxylic acid groups (broad SMARTS) is 1. The molecule has 6 heteroatoms. The number of rotatable bonds is 7. The fourth-order valence-corrected chi connectivity index (χ4v) is 1.38. The Morgan fingerprint density at radius 3 is 2.78 bits per heavy atom. The van der Waals surface area contributed by atoms with Crippen molar-refractivity contribution in [2.45, 2.75) is 33.3 Å². The first kappa shape index (κ1) is 14.2. The lowest BCUT2D eigenvalue weighted by Gasteiger charge is -2.12. The third-order valence-electron chi connectivity index (χ3n) is 2.12. The summed E-state index contributed by atoms with van der Waals surface area (Å²) in [6.07, 6.45) is 3.30. The Morgan fingerprint density at radius 2 is 2.17 bits per heavy atom. The van der Waals surface area contributed by atoms with E-state index in [9.17, 15) is 4.79 Å². The van der Waals surface area contributed by atoms with Crippen molar-refractivity contribution in [3.63, 3.8) is 0 Å². The van der Waals surface area contributed by atoms with Gasteiger partial charge in [-0.25, -0.2) is 0 Å². The molecular formula is C12H19N3O3. The minimum atomic E-state index is -0.799. The molecule has 0 spiro atoms. The molecule has 6 nitrogen and oxygen atoms in total. The summed E-state index contributed by atoms with van der Waals surface area (Å²) in [4.78, 5) is 18.8. The largest absolute Gasteiger partial charge is 0.481 e. The van der Waals surface area contributed by atoms with Crippen LogP contribution in [0.2, 0.25) is 0 Å². The van der Waals surface area contributed by atoms with Gasteiger partial charge in [-0.05, 0) is 19.8 Å². The van der Waals surface area contributed by atoms with Crippen molar-refractivity contribution in [1.82, 2.24) is 9.97 Å². The zero-order chi connectivity index (χ0) is 13.5. The van der Waals surface area contributed by atoms with Crippen LogP contribution in [0.5, 0.6) is 5.88 Å². The van der Waals surface area contributed by atoms with Gasteiger partial charge in [0, 0.05) is 13.0 Å². The maximum Gasteiger partial charge on any atom is 0.303 e. The third-order valence-corrected chi connectivity index (χ3v) is 2.12. The van der Waals surface area contributed by atoms with Crippen molar-refractivity contribution < 1.29 is 14.6 Å². The normalized spacial score (nSPS) is 12.2. The molecule has 0 aliphatic rings. The molecule has 0 saturated carbocycles. The summed E-state index contributed by atoms with van der Waals surface area (Å²) in [7, 11) is 0. The fraction of sp³-hybridized carbons (Fsp3) is 0.583. The number of nitrogens with zero attached hydrogens (tertiary/aromatic N) is 2. The number of aromatic nitrogens is 2. The highest BCUT2D eigenvalue weighted by Gasteiger charge is 2.08. The molecule has 0 aliphatic carbocycles. The second-order valence-electron chi connectivity index (χ2n) is 4.49. The second kappa shape index (κ2) is 6.78. The van der Waals surface area contributed by atoms with Gasteiger partial charge in [-0.1, -0.05) is 6.92 Å². The summed E-state index contributed by atoms with van der Waals surface area (Å²) >= 11 is 0. The van der Waals surface area contributed by atoms with Gasteiger partial charge in [0.15, 0.2) is 0 Å². The Morgan fingerprint density at radius 1 is 1.44 bits per heavy atom. The van der Waals surface area contributed by atoms with Crippen molar-refractivity contribution in [2.24, 2.45) is 5.92 Å². The van der Waals surface area contributed by atoms with Crippen molar-refractivity contribution in [2.75, 3.05) is 11.9 Å². The average molecular weight is 253 g/mol. The number of carboxylic acids is 1. The van der Waals surface area contributed by atoms with Gasteiger partial charge in [-0.15, -0.1) is 0 Å². The predicted molar refractivity (Wildman–Crippen MR) is 67.7 cm³/mol. The summed E-state index contributed by atoms with van der Waals surface area (Å²) in [5.41, 5.74) is 0. The lowest BCUT2D eigenvalue weighted by molar-refractivity contribution is -0.137. The van der Waals surface area contributed by atoms with E-state index in [2.05, 4.69) is 15.3 Å². The summed E-state index contributed by atoms with van der Waals surface area (Å²) in [6, 6.07) is 0. The van der Waals surface area contributed by atoms with Crippen molar-refractivity contribution in [3.05, 3.63) is 12.4 Å². The van der Waals surface area contributed by atoms with Crippen LogP contribution in [0, 0.1) is 5.92 Å². The van der Waals surface area contributed by atoms with Gasteiger partial charge in [-0.2, -0.15) is 4.98 Å². The molecule has 0 aliphatic heterocycles. The molecule has 1 rings (SSSR count). The molecule has 18 heavy (non-hydrogen) atoms. The Bertz CT molecular complexity index is 396. The topological polar surface area (TPSA) is 84.3 Å². The summed E-state index contributed by atoms with van der Waals surface area (Å²) in [6.45, 7) is 6.22. The smallest absolute Gasteiger partial charge is 0.303 e. The van der Waals surface area contributed by atoms with Gasteiger partial charge >= 0.3 is 5.97 Å². The van der Waals surface area contributed by atoms with E-state index in [1.165, 1.54) is 0 Å². The monoisotopic (exact) mass is 253 g/mol. The molecule has 0 bridgehead atoms. The first-order chi connectivity index (χ1) is 8.47. The lowest BCUT2D eigenvalue weighted by atomic mass is 10.1. The Labute approximate surface area is 106 Å². The van der Waals surface area contributed by atoms with Crippen LogP contribution in [0.15, 0.2) is 12.4 Å². The van der Waals surface area contributed by atoms with Crippen LogP contribution in [0.25, 0.3) is 0 Å². The van der Waals surface area contributed by atoms with E-state index in [-0.39, 0.29) is 18.4 Å². The van der Waals surface area contributed by atoms with Gasteiger partial charge in [0.05, 0.1) is 18.5 Å². The van der Waals surface area contributed by atoms with E-state index in [0.717, 1.165) is 0 Å². The molecule has 2 N–H and O–H groups in total. The minimum absolute atomic E-state index is 0.0268.